The highest BCUT2D eigenvalue weighted by atomic mass is 19.4. The van der Waals surface area contributed by atoms with Gasteiger partial charge in [-0.3, -0.25) is 4.68 Å². The summed E-state index contributed by atoms with van der Waals surface area (Å²) in [6.45, 7) is 0.219. The van der Waals surface area contributed by atoms with Crippen LogP contribution in [-0.2, 0) is 12.7 Å². The van der Waals surface area contributed by atoms with Crippen LogP contribution in [0.3, 0.4) is 0 Å². The molecule has 2 rings (SSSR count). The average molecular weight is 286 g/mol. The summed E-state index contributed by atoms with van der Waals surface area (Å²) in [5.74, 6) is 1.08. The van der Waals surface area contributed by atoms with Crippen molar-refractivity contribution in [1.29, 1.82) is 0 Å². The van der Waals surface area contributed by atoms with Crippen molar-refractivity contribution in [2.75, 3.05) is 14.2 Å². The molecule has 20 heavy (non-hydrogen) atoms. The normalized spacial score (nSPS) is 11.4. The zero-order valence-electron chi connectivity index (χ0n) is 10.9. The standard InChI is InChI=1S/C13H13F3N2O2/c1-19-10-4-3-9(7-11(10)20-2)8-18-6-5-12(17-18)13(14,15)16/h3-7H,8H2,1-2H3. The second-order valence-corrected chi connectivity index (χ2v) is 4.09. The first-order valence-electron chi connectivity index (χ1n) is 5.75. The van der Waals surface area contributed by atoms with Crippen LogP contribution in [0.25, 0.3) is 0 Å². The third-order valence-electron chi connectivity index (χ3n) is 2.72. The minimum atomic E-state index is -4.43. The molecule has 0 saturated carbocycles. The van der Waals surface area contributed by atoms with Crippen molar-refractivity contribution >= 4 is 0 Å². The first-order valence-corrected chi connectivity index (χ1v) is 5.75. The second kappa shape index (κ2) is 5.44. The Morgan fingerprint density at radius 2 is 1.80 bits per heavy atom. The van der Waals surface area contributed by atoms with Gasteiger partial charge in [0, 0.05) is 6.20 Å². The lowest BCUT2D eigenvalue weighted by Gasteiger charge is -2.09. The Morgan fingerprint density at radius 3 is 2.35 bits per heavy atom. The number of alkyl halides is 3. The van der Waals surface area contributed by atoms with Crippen LogP contribution in [0.15, 0.2) is 30.5 Å². The van der Waals surface area contributed by atoms with Crippen LogP contribution in [-0.4, -0.2) is 24.0 Å². The van der Waals surface area contributed by atoms with E-state index in [2.05, 4.69) is 5.10 Å². The summed E-state index contributed by atoms with van der Waals surface area (Å²) in [4.78, 5) is 0. The molecule has 1 aromatic heterocycles. The predicted molar refractivity (Wildman–Crippen MR) is 65.9 cm³/mol. The Kier molecular flexibility index (Phi) is 3.87. The summed E-state index contributed by atoms with van der Waals surface area (Å²) in [6, 6.07) is 6.09. The Labute approximate surface area is 113 Å². The zero-order chi connectivity index (χ0) is 14.8. The molecular weight excluding hydrogens is 273 g/mol. The van der Waals surface area contributed by atoms with Gasteiger partial charge < -0.3 is 9.47 Å². The fraction of sp³-hybridized carbons (Fsp3) is 0.308. The van der Waals surface area contributed by atoms with Crippen molar-refractivity contribution < 1.29 is 22.6 Å². The van der Waals surface area contributed by atoms with Crippen LogP contribution in [0, 0.1) is 0 Å². The zero-order valence-corrected chi connectivity index (χ0v) is 10.9. The first kappa shape index (κ1) is 14.2. The molecule has 0 radical (unpaired) electrons. The van der Waals surface area contributed by atoms with Crippen molar-refractivity contribution in [2.24, 2.45) is 0 Å². The van der Waals surface area contributed by atoms with E-state index in [0.29, 0.717) is 11.5 Å². The van der Waals surface area contributed by atoms with E-state index >= 15 is 0 Å². The molecule has 0 saturated heterocycles. The van der Waals surface area contributed by atoms with Gasteiger partial charge in [-0.15, -0.1) is 0 Å². The molecule has 7 heteroatoms. The number of rotatable bonds is 4. The number of nitrogens with zero attached hydrogens (tertiary/aromatic N) is 2. The van der Waals surface area contributed by atoms with Gasteiger partial charge in [0.15, 0.2) is 17.2 Å². The van der Waals surface area contributed by atoms with Gasteiger partial charge >= 0.3 is 6.18 Å². The van der Waals surface area contributed by atoms with E-state index in [1.807, 2.05) is 0 Å². The predicted octanol–water partition coefficient (Wildman–Crippen LogP) is 2.97. The minimum Gasteiger partial charge on any atom is -0.493 e. The Bertz CT molecular complexity index is 594. The van der Waals surface area contributed by atoms with Gasteiger partial charge in [-0.25, -0.2) is 0 Å². The van der Waals surface area contributed by atoms with Crippen molar-refractivity contribution in [3.05, 3.63) is 41.7 Å². The van der Waals surface area contributed by atoms with Crippen molar-refractivity contribution in [2.45, 2.75) is 12.7 Å². The molecule has 0 aliphatic carbocycles. The summed E-state index contributed by atoms with van der Waals surface area (Å²) < 4.78 is 48.8. The molecule has 0 bridgehead atoms. The number of hydrogen-bond acceptors (Lipinski definition) is 3. The number of ether oxygens (including phenoxy) is 2. The Morgan fingerprint density at radius 1 is 1.10 bits per heavy atom. The maximum Gasteiger partial charge on any atom is 0.435 e. The number of benzene rings is 1. The lowest BCUT2D eigenvalue weighted by atomic mass is 10.2. The highest BCUT2D eigenvalue weighted by Gasteiger charge is 2.33. The number of methoxy groups -OCH3 is 2. The van der Waals surface area contributed by atoms with Crippen LogP contribution in [0.5, 0.6) is 11.5 Å². The van der Waals surface area contributed by atoms with E-state index in [4.69, 9.17) is 9.47 Å². The van der Waals surface area contributed by atoms with Crippen LogP contribution >= 0.6 is 0 Å². The SMILES string of the molecule is COc1ccc(Cn2ccc(C(F)(F)F)n2)cc1OC. The number of halogens is 3. The third-order valence-corrected chi connectivity index (χ3v) is 2.72. The van der Waals surface area contributed by atoms with E-state index in [1.54, 1.807) is 18.2 Å². The van der Waals surface area contributed by atoms with Crippen molar-refractivity contribution in [1.82, 2.24) is 9.78 Å². The van der Waals surface area contributed by atoms with Crippen LogP contribution in [0.2, 0.25) is 0 Å². The van der Waals surface area contributed by atoms with Gasteiger partial charge in [0.25, 0.3) is 0 Å². The fourth-order valence-electron chi connectivity index (χ4n) is 1.77. The topological polar surface area (TPSA) is 36.3 Å². The van der Waals surface area contributed by atoms with Gasteiger partial charge in [0.1, 0.15) is 0 Å². The molecule has 0 fully saturated rings. The molecule has 0 spiro atoms. The Hall–Kier alpha value is -2.18. The van der Waals surface area contributed by atoms with Crippen LogP contribution < -0.4 is 9.47 Å². The highest BCUT2D eigenvalue weighted by molar-refractivity contribution is 5.42. The molecule has 1 heterocycles. The molecule has 0 atom stereocenters. The molecule has 2 aromatic rings. The molecule has 0 N–H and O–H groups in total. The smallest absolute Gasteiger partial charge is 0.435 e. The maximum absolute atomic E-state index is 12.4. The highest BCUT2D eigenvalue weighted by Crippen LogP contribution is 2.29. The molecule has 0 amide bonds. The van der Waals surface area contributed by atoms with Crippen molar-refractivity contribution in [3.63, 3.8) is 0 Å². The monoisotopic (exact) mass is 286 g/mol. The second-order valence-electron chi connectivity index (χ2n) is 4.09. The van der Waals surface area contributed by atoms with Gasteiger partial charge in [0.2, 0.25) is 0 Å². The van der Waals surface area contributed by atoms with Gasteiger partial charge in [-0.1, -0.05) is 6.07 Å². The lowest BCUT2D eigenvalue weighted by molar-refractivity contribution is -0.141. The summed E-state index contributed by atoms with van der Waals surface area (Å²) in [7, 11) is 3.01. The molecule has 1 aromatic carbocycles. The maximum atomic E-state index is 12.4. The molecule has 0 unspecified atom stereocenters. The summed E-state index contributed by atoms with van der Waals surface area (Å²) in [5.41, 5.74) is -0.141. The van der Waals surface area contributed by atoms with Gasteiger partial charge in [0.05, 0.1) is 20.8 Å². The lowest BCUT2D eigenvalue weighted by Crippen LogP contribution is -2.08. The van der Waals surface area contributed by atoms with E-state index in [0.717, 1.165) is 11.6 Å². The summed E-state index contributed by atoms with van der Waals surface area (Å²) >= 11 is 0. The van der Waals surface area contributed by atoms with E-state index in [1.165, 1.54) is 25.1 Å². The fourth-order valence-corrected chi connectivity index (χ4v) is 1.77. The molecular formula is C13H13F3N2O2. The molecule has 0 aliphatic rings. The minimum absolute atomic E-state index is 0.219. The summed E-state index contributed by atoms with van der Waals surface area (Å²) in [6.07, 6.45) is -3.14. The molecule has 0 aliphatic heterocycles. The quantitative estimate of drug-likeness (QED) is 0.867. The third kappa shape index (κ3) is 3.04. The first-order chi connectivity index (χ1) is 9.44. The Balaban J connectivity index is 2.20. The number of hydrogen-bond donors (Lipinski definition) is 0. The average Bonchev–Trinajstić information content (AvgIpc) is 2.87. The van der Waals surface area contributed by atoms with E-state index in [9.17, 15) is 13.2 Å². The van der Waals surface area contributed by atoms with E-state index in [-0.39, 0.29) is 6.54 Å². The van der Waals surface area contributed by atoms with Crippen molar-refractivity contribution in [3.8, 4) is 11.5 Å². The van der Waals surface area contributed by atoms with Crippen LogP contribution in [0.1, 0.15) is 11.3 Å². The van der Waals surface area contributed by atoms with E-state index < -0.39 is 11.9 Å². The van der Waals surface area contributed by atoms with Gasteiger partial charge in [-0.2, -0.15) is 18.3 Å². The molecule has 4 nitrogen and oxygen atoms in total. The van der Waals surface area contributed by atoms with Crippen LogP contribution in [0.4, 0.5) is 13.2 Å². The largest absolute Gasteiger partial charge is 0.493 e. The molecule has 108 valence electrons. The summed E-state index contributed by atoms with van der Waals surface area (Å²) in [5, 5.41) is 3.49. The van der Waals surface area contributed by atoms with Gasteiger partial charge in [-0.05, 0) is 23.8 Å². The number of aromatic nitrogens is 2.